The van der Waals surface area contributed by atoms with Crippen LogP contribution >= 0.6 is 22.3 Å². The second-order valence-corrected chi connectivity index (χ2v) is 7.72. The van der Waals surface area contributed by atoms with Crippen molar-refractivity contribution in [1.29, 1.82) is 0 Å². The molecule has 2 aromatic rings. The molecule has 7 heteroatoms. The van der Waals surface area contributed by atoms with Crippen molar-refractivity contribution in [2.45, 2.75) is 30.2 Å². The molecule has 4 nitrogen and oxygen atoms in total. The number of benzene rings is 1. The summed E-state index contributed by atoms with van der Waals surface area (Å²) in [5.41, 5.74) is 1.50. The summed E-state index contributed by atoms with van der Waals surface area (Å²) in [6, 6.07) is 9.60. The SMILES string of the molecule is O=S(=O)(Cl)c1c(C2CC2)nn(Cc2ccccc2)c1Cl. The summed E-state index contributed by atoms with van der Waals surface area (Å²) in [4.78, 5) is -0.0285. The highest BCUT2D eigenvalue weighted by molar-refractivity contribution is 8.13. The molecule has 3 rings (SSSR count). The quantitative estimate of drug-likeness (QED) is 0.807. The van der Waals surface area contributed by atoms with Crippen molar-refractivity contribution in [2.75, 3.05) is 0 Å². The lowest BCUT2D eigenvalue weighted by Crippen LogP contribution is -2.02. The molecule has 0 radical (unpaired) electrons. The Kier molecular flexibility index (Phi) is 3.52. The van der Waals surface area contributed by atoms with Crippen LogP contribution in [0.15, 0.2) is 35.2 Å². The minimum absolute atomic E-state index is 0.0285. The Morgan fingerprint density at radius 2 is 1.90 bits per heavy atom. The molecule has 1 heterocycles. The molecule has 1 saturated carbocycles. The summed E-state index contributed by atoms with van der Waals surface area (Å²) in [6.07, 6.45) is 1.86. The summed E-state index contributed by atoms with van der Waals surface area (Å²) in [7, 11) is 1.61. The average Bonchev–Trinajstić information content (AvgIpc) is 3.16. The van der Waals surface area contributed by atoms with Crippen molar-refractivity contribution in [3.63, 3.8) is 0 Å². The lowest BCUT2D eigenvalue weighted by atomic mass is 10.2. The van der Waals surface area contributed by atoms with Gasteiger partial charge in [0.05, 0.1) is 12.2 Å². The molecule has 106 valence electrons. The Balaban J connectivity index is 2.04. The third-order valence-corrected chi connectivity index (χ3v) is 5.11. The number of halogens is 2. The molecule has 0 amide bonds. The molecule has 1 aliphatic carbocycles. The van der Waals surface area contributed by atoms with Crippen LogP contribution in [0.1, 0.15) is 30.0 Å². The van der Waals surface area contributed by atoms with Crippen molar-refractivity contribution in [3.8, 4) is 0 Å². The number of nitrogens with zero attached hydrogens (tertiary/aromatic N) is 2. The molecule has 1 fully saturated rings. The van der Waals surface area contributed by atoms with Gasteiger partial charge in [-0.25, -0.2) is 13.1 Å². The summed E-state index contributed by atoms with van der Waals surface area (Å²) in [6.45, 7) is 0.422. The van der Waals surface area contributed by atoms with E-state index in [1.807, 2.05) is 30.3 Å². The highest BCUT2D eigenvalue weighted by Crippen LogP contribution is 2.44. The van der Waals surface area contributed by atoms with Crippen LogP contribution in [0.4, 0.5) is 0 Å². The highest BCUT2D eigenvalue weighted by Gasteiger charge is 2.36. The molecule has 1 aliphatic rings. The van der Waals surface area contributed by atoms with Gasteiger partial charge in [0.15, 0.2) is 0 Å². The van der Waals surface area contributed by atoms with E-state index in [2.05, 4.69) is 5.10 Å². The van der Waals surface area contributed by atoms with Crippen LogP contribution in [-0.4, -0.2) is 18.2 Å². The maximum Gasteiger partial charge on any atom is 0.266 e. The van der Waals surface area contributed by atoms with E-state index < -0.39 is 9.05 Å². The fraction of sp³-hybridized carbons (Fsp3) is 0.308. The normalized spacial score (nSPS) is 15.5. The van der Waals surface area contributed by atoms with Gasteiger partial charge in [0, 0.05) is 16.6 Å². The first-order valence-electron chi connectivity index (χ1n) is 6.21. The zero-order valence-corrected chi connectivity index (χ0v) is 12.8. The lowest BCUT2D eigenvalue weighted by Gasteiger charge is -2.03. The Bertz CT molecular complexity index is 737. The second-order valence-electron chi connectivity index (χ2n) is 4.86. The van der Waals surface area contributed by atoms with E-state index in [9.17, 15) is 8.42 Å². The van der Waals surface area contributed by atoms with E-state index in [-0.39, 0.29) is 16.0 Å². The summed E-state index contributed by atoms with van der Waals surface area (Å²) < 4.78 is 24.9. The molecular formula is C13H12Cl2N2O2S. The van der Waals surface area contributed by atoms with Crippen LogP contribution in [0.5, 0.6) is 0 Å². The van der Waals surface area contributed by atoms with Gasteiger partial charge in [-0.15, -0.1) is 0 Å². The van der Waals surface area contributed by atoms with Gasteiger partial charge < -0.3 is 0 Å². The molecule has 0 aliphatic heterocycles. The monoisotopic (exact) mass is 330 g/mol. The Hall–Kier alpha value is -1.04. The Labute approximate surface area is 126 Å². The number of aromatic nitrogens is 2. The van der Waals surface area contributed by atoms with Crippen molar-refractivity contribution >= 4 is 31.3 Å². The minimum atomic E-state index is -3.88. The molecule has 0 unspecified atom stereocenters. The zero-order chi connectivity index (χ0) is 14.3. The first-order valence-corrected chi connectivity index (χ1v) is 8.90. The molecule has 0 bridgehead atoms. The van der Waals surface area contributed by atoms with Crippen LogP contribution in [0, 0.1) is 0 Å². The van der Waals surface area contributed by atoms with E-state index >= 15 is 0 Å². The maximum absolute atomic E-state index is 11.7. The highest BCUT2D eigenvalue weighted by atomic mass is 35.7. The van der Waals surface area contributed by atoms with Crippen LogP contribution in [-0.2, 0) is 15.6 Å². The third-order valence-electron chi connectivity index (χ3n) is 3.26. The Morgan fingerprint density at radius 3 is 2.45 bits per heavy atom. The van der Waals surface area contributed by atoms with Crippen molar-refractivity contribution < 1.29 is 8.42 Å². The fourth-order valence-electron chi connectivity index (χ4n) is 2.15. The van der Waals surface area contributed by atoms with Crippen molar-refractivity contribution in [3.05, 3.63) is 46.7 Å². The predicted octanol–water partition coefficient (Wildman–Crippen LogP) is 3.39. The number of hydrogen-bond acceptors (Lipinski definition) is 3. The van der Waals surface area contributed by atoms with Gasteiger partial charge in [0.2, 0.25) is 0 Å². The molecule has 1 aromatic heterocycles. The molecular weight excluding hydrogens is 319 g/mol. The molecule has 0 atom stereocenters. The summed E-state index contributed by atoms with van der Waals surface area (Å²) in [5, 5.41) is 4.44. The summed E-state index contributed by atoms with van der Waals surface area (Å²) >= 11 is 6.17. The van der Waals surface area contributed by atoms with Gasteiger partial charge in [-0.1, -0.05) is 41.9 Å². The minimum Gasteiger partial charge on any atom is -0.248 e. The second kappa shape index (κ2) is 5.06. The van der Waals surface area contributed by atoms with Crippen molar-refractivity contribution in [1.82, 2.24) is 9.78 Å². The molecule has 0 saturated heterocycles. The maximum atomic E-state index is 11.7. The molecule has 1 aromatic carbocycles. The van der Waals surface area contributed by atoms with E-state index in [1.54, 1.807) is 0 Å². The van der Waals surface area contributed by atoms with Crippen LogP contribution in [0.25, 0.3) is 0 Å². The largest absolute Gasteiger partial charge is 0.266 e. The van der Waals surface area contributed by atoms with Gasteiger partial charge in [-0.05, 0) is 18.4 Å². The number of hydrogen-bond donors (Lipinski definition) is 0. The van der Waals surface area contributed by atoms with Gasteiger partial charge in [-0.2, -0.15) is 5.10 Å². The van der Waals surface area contributed by atoms with Gasteiger partial charge >= 0.3 is 0 Å². The number of rotatable bonds is 4. The first-order chi connectivity index (χ1) is 9.47. The average molecular weight is 331 g/mol. The third kappa shape index (κ3) is 2.71. The van der Waals surface area contributed by atoms with E-state index in [0.717, 1.165) is 18.4 Å². The van der Waals surface area contributed by atoms with E-state index in [0.29, 0.717) is 12.2 Å². The Morgan fingerprint density at radius 1 is 1.25 bits per heavy atom. The smallest absolute Gasteiger partial charge is 0.248 e. The lowest BCUT2D eigenvalue weighted by molar-refractivity contribution is 0.608. The molecule has 0 spiro atoms. The van der Waals surface area contributed by atoms with E-state index in [4.69, 9.17) is 22.3 Å². The summed E-state index contributed by atoms with van der Waals surface area (Å²) in [5.74, 6) is 0.160. The van der Waals surface area contributed by atoms with Crippen molar-refractivity contribution in [2.24, 2.45) is 0 Å². The molecule has 20 heavy (non-hydrogen) atoms. The fourth-order valence-corrected chi connectivity index (χ4v) is 3.99. The standard InChI is InChI=1S/C13H12Cl2N2O2S/c14-13-12(20(15,18)19)11(10-6-7-10)16-17(13)8-9-4-2-1-3-5-9/h1-5,10H,6-8H2. The van der Waals surface area contributed by atoms with Crippen LogP contribution in [0.2, 0.25) is 5.15 Å². The molecule has 0 N–H and O–H groups in total. The predicted molar refractivity (Wildman–Crippen MR) is 77.8 cm³/mol. The van der Waals surface area contributed by atoms with Crippen LogP contribution < -0.4 is 0 Å². The topological polar surface area (TPSA) is 52.0 Å². The van der Waals surface area contributed by atoms with Gasteiger partial charge in [0.25, 0.3) is 9.05 Å². The zero-order valence-electron chi connectivity index (χ0n) is 10.5. The van der Waals surface area contributed by atoms with Crippen LogP contribution in [0.3, 0.4) is 0 Å². The first kappa shape index (κ1) is 13.9. The van der Waals surface area contributed by atoms with Gasteiger partial charge in [0.1, 0.15) is 10.0 Å². The van der Waals surface area contributed by atoms with Gasteiger partial charge in [-0.3, -0.25) is 0 Å². The van der Waals surface area contributed by atoms with E-state index in [1.165, 1.54) is 4.68 Å².